The first-order valence-corrected chi connectivity index (χ1v) is 6.97. The van der Waals surface area contributed by atoms with Crippen molar-refractivity contribution in [3.05, 3.63) is 74.2 Å². The maximum Gasteiger partial charge on any atom is 0.310 e. The van der Waals surface area contributed by atoms with Crippen molar-refractivity contribution in [3.8, 4) is 0 Å². The predicted octanol–water partition coefficient (Wildman–Crippen LogP) is 3.64. The van der Waals surface area contributed by atoms with Gasteiger partial charge in [0.15, 0.2) is 0 Å². The Balaban J connectivity index is 1.86. The van der Waals surface area contributed by atoms with E-state index in [4.69, 9.17) is 4.74 Å². The minimum atomic E-state index is -0.477. The van der Waals surface area contributed by atoms with Crippen molar-refractivity contribution >= 4 is 27.6 Å². The lowest BCUT2D eigenvalue weighted by molar-refractivity contribution is -0.384. The van der Waals surface area contributed by atoms with Gasteiger partial charge in [-0.3, -0.25) is 14.9 Å². The minimum Gasteiger partial charge on any atom is -0.461 e. The number of rotatable bonds is 5. The fraction of sp³-hybridized carbons (Fsp3) is 0.133. The fourth-order valence-electron chi connectivity index (χ4n) is 1.70. The molecular weight excluding hydrogens is 338 g/mol. The summed E-state index contributed by atoms with van der Waals surface area (Å²) < 4.78 is 6.12. The topological polar surface area (TPSA) is 69.4 Å². The molecule has 0 aliphatic rings. The molecule has 2 aromatic rings. The van der Waals surface area contributed by atoms with Gasteiger partial charge in [0.25, 0.3) is 5.69 Å². The van der Waals surface area contributed by atoms with Crippen LogP contribution < -0.4 is 0 Å². The number of nitrogens with zero attached hydrogens (tertiary/aromatic N) is 1. The molecule has 21 heavy (non-hydrogen) atoms. The van der Waals surface area contributed by atoms with Gasteiger partial charge in [-0.1, -0.05) is 40.2 Å². The summed E-state index contributed by atoms with van der Waals surface area (Å²) in [6, 6.07) is 13.3. The largest absolute Gasteiger partial charge is 0.461 e. The molecule has 108 valence electrons. The maximum atomic E-state index is 11.7. The molecule has 0 saturated carbocycles. The Labute approximate surface area is 129 Å². The van der Waals surface area contributed by atoms with Crippen molar-refractivity contribution in [2.45, 2.75) is 13.0 Å². The zero-order chi connectivity index (χ0) is 15.2. The quantitative estimate of drug-likeness (QED) is 0.469. The van der Waals surface area contributed by atoms with Crippen LogP contribution in [0.25, 0.3) is 0 Å². The zero-order valence-electron chi connectivity index (χ0n) is 11.0. The van der Waals surface area contributed by atoms with Crippen LogP contribution in [0.3, 0.4) is 0 Å². The molecule has 0 amide bonds. The SMILES string of the molecule is O=C(Cc1ccc([N+](=O)[O-])cc1)OCc1ccc(Br)cc1. The highest BCUT2D eigenvalue weighted by Gasteiger charge is 2.08. The number of nitro benzene ring substituents is 1. The van der Waals surface area contributed by atoms with Crippen molar-refractivity contribution in [3.63, 3.8) is 0 Å². The van der Waals surface area contributed by atoms with Gasteiger partial charge in [-0.15, -0.1) is 0 Å². The van der Waals surface area contributed by atoms with Crippen LogP contribution >= 0.6 is 15.9 Å². The van der Waals surface area contributed by atoms with E-state index in [9.17, 15) is 14.9 Å². The van der Waals surface area contributed by atoms with E-state index in [1.54, 1.807) is 12.1 Å². The van der Waals surface area contributed by atoms with E-state index in [-0.39, 0.29) is 24.7 Å². The first-order chi connectivity index (χ1) is 10.0. The third-order valence-corrected chi connectivity index (χ3v) is 3.34. The molecule has 0 aliphatic heterocycles. The van der Waals surface area contributed by atoms with Crippen molar-refractivity contribution in [1.82, 2.24) is 0 Å². The second-order valence-corrected chi connectivity index (χ2v) is 5.30. The zero-order valence-corrected chi connectivity index (χ0v) is 12.6. The molecule has 0 aliphatic carbocycles. The van der Waals surface area contributed by atoms with Gasteiger partial charge in [0.05, 0.1) is 11.3 Å². The summed E-state index contributed by atoms with van der Waals surface area (Å²) in [5.74, 6) is -0.369. The highest BCUT2D eigenvalue weighted by Crippen LogP contribution is 2.14. The van der Waals surface area contributed by atoms with Gasteiger partial charge in [-0.05, 0) is 23.3 Å². The Morgan fingerprint density at radius 2 is 1.62 bits per heavy atom. The van der Waals surface area contributed by atoms with Crippen LogP contribution in [0.2, 0.25) is 0 Å². The molecule has 0 radical (unpaired) electrons. The summed E-state index contributed by atoms with van der Waals surface area (Å²) >= 11 is 3.33. The highest BCUT2D eigenvalue weighted by molar-refractivity contribution is 9.10. The summed E-state index contributed by atoms with van der Waals surface area (Å²) in [7, 11) is 0. The van der Waals surface area contributed by atoms with Crippen molar-refractivity contribution < 1.29 is 14.5 Å². The lowest BCUT2D eigenvalue weighted by Gasteiger charge is -2.05. The molecule has 0 spiro atoms. The average Bonchev–Trinajstić information content (AvgIpc) is 2.47. The van der Waals surface area contributed by atoms with Crippen molar-refractivity contribution in [2.75, 3.05) is 0 Å². The standard InChI is InChI=1S/C15H12BrNO4/c16-13-5-1-12(2-6-13)10-21-15(18)9-11-3-7-14(8-4-11)17(19)20/h1-8H,9-10H2. The first-order valence-electron chi connectivity index (χ1n) is 6.18. The van der Waals surface area contributed by atoms with Crippen LogP contribution in [0.4, 0.5) is 5.69 Å². The van der Waals surface area contributed by atoms with E-state index in [0.29, 0.717) is 5.56 Å². The average molecular weight is 350 g/mol. The highest BCUT2D eigenvalue weighted by atomic mass is 79.9. The summed E-state index contributed by atoms with van der Waals surface area (Å²) in [6.07, 6.45) is 0.0918. The van der Waals surface area contributed by atoms with Crippen LogP contribution in [-0.4, -0.2) is 10.9 Å². The number of nitro groups is 1. The third-order valence-electron chi connectivity index (χ3n) is 2.81. The minimum absolute atomic E-state index is 0.00183. The molecule has 0 heterocycles. The third kappa shape index (κ3) is 4.68. The molecular formula is C15H12BrNO4. The summed E-state index contributed by atoms with van der Waals surface area (Å²) in [6.45, 7) is 0.207. The Morgan fingerprint density at radius 3 is 2.19 bits per heavy atom. The first kappa shape index (κ1) is 15.2. The molecule has 0 atom stereocenters. The molecule has 0 bridgehead atoms. The summed E-state index contributed by atoms with van der Waals surface area (Å²) in [5.41, 5.74) is 1.58. The number of ether oxygens (including phenoxy) is 1. The molecule has 2 aromatic carbocycles. The molecule has 2 rings (SSSR count). The molecule has 5 nitrogen and oxygen atoms in total. The molecule has 0 unspecified atom stereocenters. The Hall–Kier alpha value is -2.21. The predicted molar refractivity (Wildman–Crippen MR) is 80.7 cm³/mol. The van der Waals surface area contributed by atoms with Gasteiger partial charge >= 0.3 is 5.97 Å². The Bertz CT molecular complexity index is 638. The van der Waals surface area contributed by atoms with Crippen molar-refractivity contribution in [2.24, 2.45) is 0 Å². The van der Waals surface area contributed by atoms with Crippen LogP contribution in [0.5, 0.6) is 0 Å². The van der Waals surface area contributed by atoms with Crippen LogP contribution in [0.1, 0.15) is 11.1 Å². The van der Waals surface area contributed by atoms with Crippen LogP contribution in [-0.2, 0) is 22.6 Å². The smallest absolute Gasteiger partial charge is 0.310 e. The van der Waals surface area contributed by atoms with Crippen molar-refractivity contribution in [1.29, 1.82) is 0 Å². The normalized spacial score (nSPS) is 10.1. The number of hydrogen-bond acceptors (Lipinski definition) is 4. The van der Waals surface area contributed by atoms with Gasteiger partial charge in [-0.25, -0.2) is 0 Å². The lowest BCUT2D eigenvalue weighted by Crippen LogP contribution is -2.08. The van der Waals surface area contributed by atoms with Gasteiger partial charge in [-0.2, -0.15) is 0 Å². The molecule has 0 saturated heterocycles. The van der Waals surface area contributed by atoms with E-state index in [1.807, 2.05) is 24.3 Å². The van der Waals surface area contributed by atoms with Gasteiger partial charge < -0.3 is 4.74 Å². The Kier molecular flexibility index (Phi) is 5.05. The Morgan fingerprint density at radius 1 is 1.05 bits per heavy atom. The number of esters is 1. The molecule has 6 heteroatoms. The number of carbonyl (C=O) groups excluding carboxylic acids is 1. The molecule has 0 fully saturated rings. The van der Waals surface area contributed by atoms with E-state index in [1.165, 1.54) is 12.1 Å². The monoisotopic (exact) mass is 349 g/mol. The lowest BCUT2D eigenvalue weighted by atomic mass is 10.1. The van der Waals surface area contributed by atoms with Gasteiger partial charge in [0.1, 0.15) is 6.61 Å². The number of benzene rings is 2. The van der Waals surface area contributed by atoms with E-state index in [2.05, 4.69) is 15.9 Å². The van der Waals surface area contributed by atoms with E-state index < -0.39 is 4.92 Å². The number of non-ortho nitro benzene ring substituents is 1. The second-order valence-electron chi connectivity index (χ2n) is 4.39. The van der Waals surface area contributed by atoms with E-state index in [0.717, 1.165) is 10.0 Å². The van der Waals surface area contributed by atoms with E-state index >= 15 is 0 Å². The number of hydrogen-bond donors (Lipinski definition) is 0. The summed E-state index contributed by atoms with van der Waals surface area (Å²) in [5, 5.41) is 10.5. The number of carbonyl (C=O) groups is 1. The fourth-order valence-corrected chi connectivity index (χ4v) is 1.96. The van der Waals surface area contributed by atoms with Gasteiger partial charge in [0, 0.05) is 16.6 Å². The maximum absolute atomic E-state index is 11.7. The molecule has 0 N–H and O–H groups in total. The second kappa shape index (κ2) is 6.99. The van der Waals surface area contributed by atoms with Crippen LogP contribution in [0, 0.1) is 10.1 Å². The molecule has 0 aromatic heterocycles. The van der Waals surface area contributed by atoms with Gasteiger partial charge in [0.2, 0.25) is 0 Å². The summed E-state index contributed by atoms with van der Waals surface area (Å²) in [4.78, 5) is 21.8. The van der Waals surface area contributed by atoms with Crippen LogP contribution in [0.15, 0.2) is 53.0 Å². The number of halogens is 1.